The van der Waals surface area contributed by atoms with Crippen LogP contribution >= 0.6 is 15.9 Å². The maximum atomic E-state index is 12.2. The van der Waals surface area contributed by atoms with Crippen LogP contribution in [0.25, 0.3) is 0 Å². The third kappa shape index (κ3) is 3.83. The molecule has 0 radical (unpaired) electrons. The van der Waals surface area contributed by atoms with E-state index >= 15 is 0 Å². The Kier molecular flexibility index (Phi) is 4.64. The largest absolute Gasteiger partial charge is 0.465 e. The topological polar surface area (TPSA) is 72.5 Å². The molecule has 21 heavy (non-hydrogen) atoms. The molecule has 2 aromatic rings. The van der Waals surface area contributed by atoms with Gasteiger partial charge in [-0.25, -0.2) is 13.2 Å². The molecule has 110 valence electrons. The highest BCUT2D eigenvalue weighted by Crippen LogP contribution is 2.20. The summed E-state index contributed by atoms with van der Waals surface area (Å²) in [6.07, 6.45) is 0. The summed E-state index contributed by atoms with van der Waals surface area (Å²) in [5.74, 6) is -0.476. The minimum absolute atomic E-state index is 0.147. The first kappa shape index (κ1) is 15.5. The molecule has 0 saturated heterocycles. The van der Waals surface area contributed by atoms with Crippen LogP contribution in [0.5, 0.6) is 0 Å². The first-order valence-corrected chi connectivity index (χ1v) is 8.17. The average Bonchev–Trinajstić information content (AvgIpc) is 2.47. The van der Waals surface area contributed by atoms with Crippen LogP contribution in [-0.2, 0) is 14.8 Å². The molecule has 2 aromatic carbocycles. The Morgan fingerprint density at radius 2 is 1.81 bits per heavy atom. The number of methoxy groups -OCH3 is 1. The highest BCUT2D eigenvalue weighted by molar-refractivity contribution is 9.10. The zero-order valence-electron chi connectivity index (χ0n) is 11.0. The van der Waals surface area contributed by atoms with E-state index in [0.29, 0.717) is 15.7 Å². The van der Waals surface area contributed by atoms with Crippen LogP contribution in [0.4, 0.5) is 5.69 Å². The molecule has 0 bridgehead atoms. The van der Waals surface area contributed by atoms with E-state index < -0.39 is 16.0 Å². The molecule has 0 heterocycles. The number of carbonyl (C=O) groups is 1. The minimum Gasteiger partial charge on any atom is -0.465 e. The van der Waals surface area contributed by atoms with Crippen molar-refractivity contribution in [2.24, 2.45) is 0 Å². The van der Waals surface area contributed by atoms with Gasteiger partial charge >= 0.3 is 5.97 Å². The molecular formula is C14H12BrNO4S. The molecule has 0 saturated carbocycles. The van der Waals surface area contributed by atoms with Crippen molar-refractivity contribution in [3.8, 4) is 0 Å². The Hall–Kier alpha value is -1.86. The normalized spacial score (nSPS) is 11.0. The Morgan fingerprint density at radius 3 is 2.38 bits per heavy atom. The molecule has 0 aromatic heterocycles. The second kappa shape index (κ2) is 6.28. The van der Waals surface area contributed by atoms with Crippen molar-refractivity contribution in [2.45, 2.75) is 4.90 Å². The molecule has 1 N–H and O–H groups in total. The minimum atomic E-state index is -3.67. The zero-order valence-corrected chi connectivity index (χ0v) is 13.4. The molecule has 0 aliphatic rings. The van der Waals surface area contributed by atoms with Gasteiger partial charge in [0.2, 0.25) is 0 Å². The number of carbonyl (C=O) groups excluding carboxylic acids is 1. The summed E-state index contributed by atoms with van der Waals surface area (Å²) in [5.41, 5.74) is 0.713. The summed E-state index contributed by atoms with van der Waals surface area (Å²) in [5, 5.41) is 0. The van der Waals surface area contributed by atoms with Gasteiger partial charge in [0.1, 0.15) is 0 Å². The van der Waals surface area contributed by atoms with Crippen LogP contribution in [0.15, 0.2) is 57.9 Å². The van der Waals surface area contributed by atoms with Gasteiger partial charge in [0.05, 0.1) is 17.6 Å². The highest BCUT2D eigenvalue weighted by Gasteiger charge is 2.14. The first-order valence-electron chi connectivity index (χ1n) is 5.89. The van der Waals surface area contributed by atoms with Gasteiger partial charge in [-0.15, -0.1) is 0 Å². The van der Waals surface area contributed by atoms with Crippen LogP contribution in [0, 0.1) is 0 Å². The van der Waals surface area contributed by atoms with E-state index in [-0.39, 0.29) is 4.90 Å². The van der Waals surface area contributed by atoms with Crippen molar-refractivity contribution in [1.82, 2.24) is 0 Å². The number of halogens is 1. The predicted octanol–water partition coefficient (Wildman–Crippen LogP) is 3.04. The molecule has 0 amide bonds. The van der Waals surface area contributed by atoms with E-state index in [4.69, 9.17) is 0 Å². The second-order valence-corrected chi connectivity index (χ2v) is 6.73. The summed E-state index contributed by atoms with van der Waals surface area (Å²) in [6.45, 7) is 0. The lowest BCUT2D eigenvalue weighted by Gasteiger charge is -2.09. The van der Waals surface area contributed by atoms with Gasteiger partial charge in [0.15, 0.2) is 0 Å². The smallest absolute Gasteiger partial charge is 0.337 e. The molecule has 0 fully saturated rings. The Morgan fingerprint density at radius 1 is 1.14 bits per heavy atom. The standard InChI is InChI=1S/C14H12BrNO4S/c1-20-14(17)10-5-7-12(8-6-10)16-21(18,19)13-4-2-3-11(15)9-13/h2-9,16H,1H3. The van der Waals surface area contributed by atoms with Gasteiger partial charge in [-0.05, 0) is 42.5 Å². The molecule has 0 atom stereocenters. The first-order chi connectivity index (χ1) is 9.92. The summed E-state index contributed by atoms with van der Waals surface area (Å²) in [7, 11) is -2.39. The van der Waals surface area contributed by atoms with Crippen LogP contribution in [0.3, 0.4) is 0 Å². The fraction of sp³-hybridized carbons (Fsp3) is 0.0714. The summed E-state index contributed by atoms with van der Waals surface area (Å²) in [6, 6.07) is 12.4. The van der Waals surface area contributed by atoms with E-state index in [1.807, 2.05) is 0 Å². The molecule has 5 nitrogen and oxygen atoms in total. The number of rotatable bonds is 4. The van der Waals surface area contributed by atoms with Gasteiger partial charge < -0.3 is 4.74 Å². The molecule has 0 spiro atoms. The van der Waals surface area contributed by atoms with Crippen molar-refractivity contribution in [2.75, 3.05) is 11.8 Å². The van der Waals surface area contributed by atoms with E-state index in [1.165, 1.54) is 43.5 Å². The van der Waals surface area contributed by atoms with Gasteiger partial charge in [0.25, 0.3) is 10.0 Å². The second-order valence-electron chi connectivity index (χ2n) is 4.13. The van der Waals surface area contributed by atoms with Gasteiger partial charge in [-0.1, -0.05) is 22.0 Å². The average molecular weight is 370 g/mol. The maximum Gasteiger partial charge on any atom is 0.337 e. The van der Waals surface area contributed by atoms with Crippen molar-refractivity contribution in [3.05, 3.63) is 58.6 Å². The number of anilines is 1. The molecule has 0 unspecified atom stereocenters. The van der Waals surface area contributed by atoms with Crippen LogP contribution in [0.1, 0.15) is 10.4 Å². The maximum absolute atomic E-state index is 12.2. The van der Waals surface area contributed by atoms with Crippen molar-refractivity contribution < 1.29 is 17.9 Å². The molecule has 2 rings (SSSR count). The summed E-state index contributed by atoms with van der Waals surface area (Å²) < 4.78 is 32.1. The number of benzene rings is 2. The zero-order chi connectivity index (χ0) is 15.5. The van der Waals surface area contributed by atoms with E-state index in [1.54, 1.807) is 12.1 Å². The van der Waals surface area contributed by atoms with Gasteiger partial charge in [-0.3, -0.25) is 4.72 Å². The lowest BCUT2D eigenvalue weighted by molar-refractivity contribution is 0.0601. The fourth-order valence-electron chi connectivity index (χ4n) is 1.64. The van der Waals surface area contributed by atoms with Crippen molar-refractivity contribution in [1.29, 1.82) is 0 Å². The number of esters is 1. The van der Waals surface area contributed by atoms with E-state index in [9.17, 15) is 13.2 Å². The number of nitrogens with one attached hydrogen (secondary N) is 1. The Labute approximate surface area is 131 Å². The monoisotopic (exact) mass is 369 g/mol. The third-order valence-corrected chi connectivity index (χ3v) is 4.54. The number of sulfonamides is 1. The van der Waals surface area contributed by atoms with Gasteiger partial charge in [-0.2, -0.15) is 0 Å². The molecule has 0 aliphatic heterocycles. The summed E-state index contributed by atoms with van der Waals surface area (Å²) in [4.78, 5) is 11.4. The van der Waals surface area contributed by atoms with Crippen LogP contribution in [-0.4, -0.2) is 21.5 Å². The Bertz CT molecular complexity index is 757. The van der Waals surface area contributed by atoms with Crippen molar-refractivity contribution >= 4 is 37.6 Å². The number of hydrogen-bond donors (Lipinski definition) is 1. The molecule has 0 aliphatic carbocycles. The fourth-order valence-corrected chi connectivity index (χ4v) is 3.30. The Balaban J connectivity index is 2.23. The SMILES string of the molecule is COC(=O)c1ccc(NS(=O)(=O)c2cccc(Br)c2)cc1. The number of hydrogen-bond acceptors (Lipinski definition) is 4. The molecule has 7 heteroatoms. The summed E-state index contributed by atoms with van der Waals surface area (Å²) >= 11 is 3.23. The predicted molar refractivity (Wildman–Crippen MR) is 82.7 cm³/mol. The lowest BCUT2D eigenvalue weighted by atomic mass is 10.2. The van der Waals surface area contributed by atoms with E-state index in [2.05, 4.69) is 25.4 Å². The van der Waals surface area contributed by atoms with Crippen LogP contribution in [0.2, 0.25) is 0 Å². The lowest BCUT2D eigenvalue weighted by Crippen LogP contribution is -2.13. The quantitative estimate of drug-likeness (QED) is 0.840. The third-order valence-electron chi connectivity index (χ3n) is 2.66. The number of ether oxygens (including phenoxy) is 1. The highest BCUT2D eigenvalue weighted by atomic mass is 79.9. The van der Waals surface area contributed by atoms with E-state index in [0.717, 1.165) is 0 Å². The van der Waals surface area contributed by atoms with Gasteiger partial charge in [0, 0.05) is 10.2 Å². The van der Waals surface area contributed by atoms with Crippen LogP contribution < -0.4 is 4.72 Å². The molecular weight excluding hydrogens is 358 g/mol. The van der Waals surface area contributed by atoms with Crippen molar-refractivity contribution in [3.63, 3.8) is 0 Å².